The maximum atomic E-state index is 13.1. The van der Waals surface area contributed by atoms with Crippen LogP contribution >= 0.6 is 15.6 Å². The lowest BCUT2D eigenvalue weighted by atomic mass is 10.0. The Bertz CT molecular complexity index is 2020. The van der Waals surface area contributed by atoms with E-state index in [-0.39, 0.29) is 25.7 Å². The molecule has 0 rings (SSSR count). The van der Waals surface area contributed by atoms with Gasteiger partial charge in [-0.25, -0.2) is 9.13 Å². The van der Waals surface area contributed by atoms with Gasteiger partial charge in [0, 0.05) is 25.7 Å². The highest BCUT2D eigenvalue weighted by Gasteiger charge is 2.30. The van der Waals surface area contributed by atoms with Crippen LogP contribution < -0.4 is 0 Å². The third-order valence-electron chi connectivity index (χ3n) is 18.9. The number of esters is 4. The van der Waals surface area contributed by atoms with Crippen LogP contribution in [0.3, 0.4) is 0 Å². The van der Waals surface area contributed by atoms with E-state index >= 15 is 0 Å². The van der Waals surface area contributed by atoms with Crippen molar-refractivity contribution >= 4 is 39.5 Å². The highest BCUT2D eigenvalue weighted by Crippen LogP contribution is 2.45. The van der Waals surface area contributed by atoms with Crippen LogP contribution in [0, 0.1) is 0 Å². The number of carbonyl (C=O) groups excluding carboxylic acids is 4. The largest absolute Gasteiger partial charge is 0.472 e. The smallest absolute Gasteiger partial charge is 0.462 e. The number of phosphoric acid groups is 2. The maximum Gasteiger partial charge on any atom is 0.472 e. The number of unbranched alkanes of at least 4 members (excludes halogenated alkanes) is 52. The number of allylic oxidation sites excluding steroid dienone is 4. The Morgan fingerprint density at radius 2 is 0.480 bits per heavy atom. The molecule has 5 atom stereocenters. The molecule has 0 aliphatic carbocycles. The second-order valence-electron chi connectivity index (χ2n) is 29.2. The van der Waals surface area contributed by atoms with Crippen molar-refractivity contribution in [1.29, 1.82) is 0 Å². The normalized spacial score (nSPS) is 13.9. The van der Waals surface area contributed by atoms with Crippen LogP contribution in [0.1, 0.15) is 426 Å². The predicted molar refractivity (Wildman–Crippen MR) is 418 cm³/mol. The summed E-state index contributed by atoms with van der Waals surface area (Å²) in [5.74, 6) is -2.13. The quantitative estimate of drug-likeness (QED) is 0.0169. The number of aliphatic hydroxyl groups excluding tert-OH is 1. The highest BCUT2D eigenvalue weighted by atomic mass is 31.2. The van der Waals surface area contributed by atoms with Gasteiger partial charge >= 0.3 is 39.5 Å². The molecule has 2 unspecified atom stereocenters. The minimum Gasteiger partial charge on any atom is -0.462 e. The number of hydrogen-bond acceptors (Lipinski definition) is 15. The topological polar surface area (TPSA) is 237 Å². The minimum absolute atomic E-state index is 0.0876. The molecule has 3 N–H and O–H groups in total. The predicted octanol–water partition coefficient (Wildman–Crippen LogP) is 24.9. The molecule has 0 aliphatic heterocycles. The van der Waals surface area contributed by atoms with Crippen molar-refractivity contribution in [2.75, 3.05) is 39.6 Å². The lowest BCUT2D eigenvalue weighted by Crippen LogP contribution is -2.30. The Morgan fingerprint density at radius 1 is 0.275 bits per heavy atom. The van der Waals surface area contributed by atoms with Gasteiger partial charge in [0.1, 0.15) is 19.3 Å². The number of hydrogen-bond donors (Lipinski definition) is 3. The molecule has 0 radical (unpaired) electrons. The molecule has 0 aromatic carbocycles. The molecule has 0 spiro atoms. The van der Waals surface area contributed by atoms with Crippen molar-refractivity contribution in [3.05, 3.63) is 24.3 Å². The molecule has 19 heteroatoms. The van der Waals surface area contributed by atoms with Gasteiger partial charge in [-0.3, -0.25) is 37.3 Å². The van der Waals surface area contributed by atoms with E-state index in [0.29, 0.717) is 25.7 Å². The van der Waals surface area contributed by atoms with Crippen LogP contribution in [-0.4, -0.2) is 96.7 Å². The lowest BCUT2D eigenvalue weighted by Gasteiger charge is -2.21. The molecule has 0 amide bonds. The molecule has 102 heavy (non-hydrogen) atoms. The first-order valence-corrected chi connectivity index (χ1v) is 45.6. The van der Waals surface area contributed by atoms with Crippen LogP contribution in [0.5, 0.6) is 0 Å². The van der Waals surface area contributed by atoms with Gasteiger partial charge in [-0.05, 0) is 57.8 Å². The fourth-order valence-electron chi connectivity index (χ4n) is 12.4. The van der Waals surface area contributed by atoms with Gasteiger partial charge in [-0.2, -0.15) is 0 Å². The summed E-state index contributed by atoms with van der Waals surface area (Å²) in [4.78, 5) is 73.1. The average Bonchev–Trinajstić information content (AvgIpc) is 1.38. The van der Waals surface area contributed by atoms with Crippen LogP contribution in [0.15, 0.2) is 24.3 Å². The second kappa shape index (κ2) is 76.7. The number of carbonyl (C=O) groups is 4. The van der Waals surface area contributed by atoms with E-state index in [2.05, 4.69) is 52.0 Å². The molecule has 602 valence electrons. The molecule has 0 saturated heterocycles. The van der Waals surface area contributed by atoms with Gasteiger partial charge in [0.25, 0.3) is 0 Å². The van der Waals surface area contributed by atoms with Gasteiger partial charge in [-0.1, -0.05) is 367 Å². The standard InChI is InChI=1S/C83H158O17P2/c1-5-9-13-17-21-25-29-33-36-38-41-44-48-52-56-60-64-68-81(86)94-74-79(100-83(88)70-66-62-58-54-50-46-42-39-37-34-30-26-22-18-14-10-6-2)76-98-102(91,92)96-72-77(84)71-95-101(89,90)97-75-78(73-93-80(85)67-63-59-55-51-47-43-32-28-24-20-16-12-8-4)99-82(87)69-65-61-57-53-49-45-40-35-31-27-23-19-15-11-7-3/h23,27,35,40,77-79,84H,5-22,24-26,28-34,36-39,41-76H2,1-4H3,(H,89,90)(H,91,92)/b27-23-,40-35-/t77-,78+,79+/m0/s1. The molecule has 0 aliphatic rings. The van der Waals surface area contributed by atoms with Gasteiger partial charge in [-0.15, -0.1) is 0 Å². The van der Waals surface area contributed by atoms with Crippen LogP contribution in [-0.2, 0) is 65.4 Å². The highest BCUT2D eigenvalue weighted by molar-refractivity contribution is 7.47. The monoisotopic (exact) mass is 1490 g/mol. The number of aliphatic hydroxyl groups is 1. The van der Waals surface area contributed by atoms with E-state index in [4.69, 9.17) is 37.0 Å². The summed E-state index contributed by atoms with van der Waals surface area (Å²) in [6.45, 7) is 4.98. The van der Waals surface area contributed by atoms with E-state index in [1.165, 1.54) is 238 Å². The summed E-state index contributed by atoms with van der Waals surface area (Å²) in [5.41, 5.74) is 0. The zero-order valence-electron chi connectivity index (χ0n) is 66.1. The van der Waals surface area contributed by atoms with E-state index in [1.54, 1.807) is 0 Å². The summed E-state index contributed by atoms with van der Waals surface area (Å²) in [7, 11) is -9.93. The lowest BCUT2D eigenvalue weighted by molar-refractivity contribution is -0.161. The molecular formula is C83H158O17P2. The summed E-state index contributed by atoms with van der Waals surface area (Å²) < 4.78 is 68.8. The van der Waals surface area contributed by atoms with Crippen LogP contribution in [0.4, 0.5) is 0 Å². The zero-order chi connectivity index (χ0) is 74.6. The van der Waals surface area contributed by atoms with Crippen molar-refractivity contribution < 1.29 is 80.2 Å². The summed E-state index contributed by atoms with van der Waals surface area (Å²) in [6.07, 6.45) is 72.8. The van der Waals surface area contributed by atoms with Crippen LogP contribution in [0.25, 0.3) is 0 Å². The first kappa shape index (κ1) is 99.5. The van der Waals surface area contributed by atoms with Gasteiger partial charge in [0.05, 0.1) is 26.4 Å². The molecule has 0 aromatic heterocycles. The SMILES string of the molecule is CCCCC/C=C\C/C=C\CCCCCCCC(=O)O[C@H](COC(=O)CCCCCCCCCCCCCCC)COP(=O)(O)OC[C@H](O)COP(=O)(O)OC[C@@H](COC(=O)CCCCCCCCCCCCCCCCCCC)OC(=O)CCCCCCCCCCCCCCCCCCC. The Balaban J connectivity index is 5.29. The fourth-order valence-corrected chi connectivity index (χ4v) is 14.0. The van der Waals surface area contributed by atoms with E-state index in [0.717, 1.165) is 109 Å². The number of ether oxygens (including phenoxy) is 4. The molecule has 0 bridgehead atoms. The van der Waals surface area contributed by atoms with Crippen molar-refractivity contribution in [3.63, 3.8) is 0 Å². The molecule has 0 saturated carbocycles. The number of phosphoric ester groups is 2. The van der Waals surface area contributed by atoms with Crippen LogP contribution in [0.2, 0.25) is 0 Å². The fraction of sp³-hybridized carbons (Fsp3) is 0.904. The molecular weight excluding hydrogens is 1330 g/mol. The van der Waals surface area contributed by atoms with Crippen molar-refractivity contribution in [3.8, 4) is 0 Å². The molecule has 17 nitrogen and oxygen atoms in total. The van der Waals surface area contributed by atoms with Crippen molar-refractivity contribution in [2.24, 2.45) is 0 Å². The van der Waals surface area contributed by atoms with E-state index in [1.807, 2.05) is 0 Å². The first-order chi connectivity index (χ1) is 49.7. The molecule has 0 heterocycles. The van der Waals surface area contributed by atoms with Crippen molar-refractivity contribution in [2.45, 2.75) is 444 Å². The van der Waals surface area contributed by atoms with E-state index in [9.17, 15) is 43.2 Å². The maximum absolute atomic E-state index is 13.1. The Kier molecular flexibility index (Phi) is 74.9. The molecule has 0 aromatic rings. The van der Waals surface area contributed by atoms with Gasteiger partial charge < -0.3 is 33.8 Å². The summed E-state index contributed by atoms with van der Waals surface area (Å²) in [5, 5.41) is 10.7. The summed E-state index contributed by atoms with van der Waals surface area (Å²) in [6, 6.07) is 0. The second-order valence-corrected chi connectivity index (χ2v) is 32.1. The summed E-state index contributed by atoms with van der Waals surface area (Å²) >= 11 is 0. The van der Waals surface area contributed by atoms with Gasteiger partial charge in [0.2, 0.25) is 0 Å². The third kappa shape index (κ3) is 75.8. The molecule has 0 fully saturated rings. The minimum atomic E-state index is -4.97. The first-order valence-electron chi connectivity index (χ1n) is 42.6. The Hall–Kier alpha value is -2.46. The van der Waals surface area contributed by atoms with Gasteiger partial charge in [0.15, 0.2) is 12.2 Å². The van der Waals surface area contributed by atoms with E-state index < -0.39 is 97.5 Å². The average molecular weight is 1490 g/mol. The Morgan fingerprint density at radius 3 is 0.745 bits per heavy atom. The Labute approximate surface area is 624 Å². The third-order valence-corrected chi connectivity index (χ3v) is 20.9. The van der Waals surface area contributed by atoms with Crippen molar-refractivity contribution in [1.82, 2.24) is 0 Å². The zero-order valence-corrected chi connectivity index (χ0v) is 67.9. The number of rotatable bonds is 82.